The van der Waals surface area contributed by atoms with Gasteiger partial charge in [-0.2, -0.15) is 0 Å². The van der Waals surface area contributed by atoms with Gasteiger partial charge in [-0.3, -0.25) is 0 Å². The van der Waals surface area contributed by atoms with Gasteiger partial charge in [0.15, 0.2) is 0 Å². The molecule has 0 atom stereocenters. The number of rotatable bonds is 0. The van der Waals surface area contributed by atoms with Gasteiger partial charge in [-0.05, 0) is 11.8 Å². The van der Waals surface area contributed by atoms with E-state index in [2.05, 4.69) is 56.5 Å². The molecule has 0 amide bonds. The van der Waals surface area contributed by atoms with Gasteiger partial charge in [0.2, 0.25) is 0 Å². The summed E-state index contributed by atoms with van der Waals surface area (Å²) in [5.74, 6) is 1.67. The minimum Gasteiger partial charge on any atom is -0.225 e. The van der Waals surface area contributed by atoms with E-state index in [1.807, 2.05) is 13.8 Å². The van der Waals surface area contributed by atoms with Gasteiger partial charge >= 0.3 is 0 Å². The van der Waals surface area contributed by atoms with Crippen LogP contribution in [0.4, 0.5) is 0 Å². The van der Waals surface area contributed by atoms with E-state index in [0.29, 0.717) is 0 Å². The Kier molecular flexibility index (Phi) is 25.0. The Hall–Kier alpha value is -0.990. The molecule has 0 saturated heterocycles. The van der Waals surface area contributed by atoms with Gasteiger partial charge in [-0.1, -0.05) is 55.4 Å². The van der Waals surface area contributed by atoms with Crippen LogP contribution in [0.3, 0.4) is 0 Å². The number of hydrogen-bond donors (Lipinski definition) is 0. The van der Waals surface area contributed by atoms with Crippen molar-refractivity contribution in [3.8, 4) is 0 Å². The van der Waals surface area contributed by atoms with Gasteiger partial charge in [0.05, 0.1) is 0 Å². The first-order valence-electron chi connectivity index (χ1n) is 6.01. The smallest absolute Gasteiger partial charge is 0.119 e. The zero-order valence-electron chi connectivity index (χ0n) is 12.2. The van der Waals surface area contributed by atoms with Crippen molar-refractivity contribution < 1.29 is 0 Å². The molecule has 0 N–H and O–H groups in total. The third-order valence-electron chi connectivity index (χ3n) is 0.400. The van der Waals surface area contributed by atoms with Gasteiger partial charge in [-0.25, -0.2) is 15.0 Å². The standard InChI is InChI=1S/2C4H10.C3H3N3.C2H6/c2*1-4(2)3;1-4-2-6-3-5-1;1-2/h2*4H,1-3H3;1-3H;1-2H3. The number of nitrogens with zero attached hydrogens (tertiary/aromatic N) is 3. The maximum Gasteiger partial charge on any atom is 0.119 e. The van der Waals surface area contributed by atoms with Crippen LogP contribution in [0.1, 0.15) is 55.4 Å². The molecule has 96 valence electrons. The average molecular weight is 227 g/mol. The highest BCUT2D eigenvalue weighted by Crippen LogP contribution is 1.81. The van der Waals surface area contributed by atoms with Crippen molar-refractivity contribution in [2.45, 2.75) is 55.4 Å². The molecule has 1 aromatic rings. The summed E-state index contributed by atoms with van der Waals surface area (Å²) in [6.07, 6.45) is 4.31. The maximum atomic E-state index is 3.56. The lowest BCUT2D eigenvalue weighted by molar-refractivity contribution is 0.736. The summed E-state index contributed by atoms with van der Waals surface area (Å²) < 4.78 is 0. The number of aromatic nitrogens is 3. The van der Waals surface area contributed by atoms with Crippen LogP contribution in [0.25, 0.3) is 0 Å². The van der Waals surface area contributed by atoms with Gasteiger partial charge in [0, 0.05) is 0 Å². The van der Waals surface area contributed by atoms with Crippen molar-refractivity contribution >= 4 is 0 Å². The first-order valence-corrected chi connectivity index (χ1v) is 6.01. The third-order valence-corrected chi connectivity index (χ3v) is 0.400. The second kappa shape index (κ2) is 19.6. The summed E-state index contributed by atoms with van der Waals surface area (Å²) in [6.45, 7) is 17.0. The third kappa shape index (κ3) is 74.8. The zero-order valence-corrected chi connectivity index (χ0v) is 12.2. The van der Waals surface area contributed by atoms with Gasteiger partial charge < -0.3 is 0 Å². The minimum atomic E-state index is 0.833. The van der Waals surface area contributed by atoms with Crippen LogP contribution in [0.2, 0.25) is 0 Å². The molecule has 0 aliphatic heterocycles. The van der Waals surface area contributed by atoms with E-state index in [1.165, 1.54) is 19.0 Å². The summed E-state index contributed by atoms with van der Waals surface area (Å²) in [5.41, 5.74) is 0. The molecule has 0 aliphatic rings. The molecular weight excluding hydrogens is 198 g/mol. The lowest BCUT2D eigenvalue weighted by Gasteiger charge is -1.79. The zero-order chi connectivity index (χ0) is 13.4. The van der Waals surface area contributed by atoms with E-state index >= 15 is 0 Å². The van der Waals surface area contributed by atoms with Crippen molar-refractivity contribution in [2.24, 2.45) is 11.8 Å². The van der Waals surface area contributed by atoms with E-state index in [-0.39, 0.29) is 0 Å². The van der Waals surface area contributed by atoms with E-state index in [9.17, 15) is 0 Å². The fourth-order valence-corrected chi connectivity index (χ4v) is 0.205. The average Bonchev–Trinajstić information content (AvgIpc) is 2.22. The van der Waals surface area contributed by atoms with Crippen LogP contribution in [0.5, 0.6) is 0 Å². The highest BCUT2D eigenvalue weighted by molar-refractivity contribution is 4.51. The molecule has 1 aromatic heterocycles. The molecule has 1 rings (SSSR count). The highest BCUT2D eigenvalue weighted by Gasteiger charge is 1.68. The minimum absolute atomic E-state index is 0.833. The Morgan fingerprint density at radius 1 is 0.562 bits per heavy atom. The lowest BCUT2D eigenvalue weighted by Crippen LogP contribution is -1.73. The van der Waals surface area contributed by atoms with E-state index in [1.54, 1.807) is 0 Å². The summed E-state index contributed by atoms with van der Waals surface area (Å²) in [6, 6.07) is 0. The molecule has 3 heteroatoms. The van der Waals surface area contributed by atoms with E-state index in [4.69, 9.17) is 0 Å². The van der Waals surface area contributed by atoms with Crippen LogP contribution in [0, 0.1) is 11.8 Å². The lowest BCUT2D eigenvalue weighted by atomic mass is 10.3. The number of hydrogen-bond acceptors (Lipinski definition) is 3. The summed E-state index contributed by atoms with van der Waals surface area (Å²) >= 11 is 0. The molecule has 0 aliphatic carbocycles. The Bertz CT molecular complexity index is 136. The van der Waals surface area contributed by atoms with E-state index < -0.39 is 0 Å². The Balaban J connectivity index is -0.000000152. The molecular formula is C13H29N3. The van der Waals surface area contributed by atoms with Gasteiger partial charge in [0.1, 0.15) is 19.0 Å². The monoisotopic (exact) mass is 227 g/mol. The molecule has 0 saturated carbocycles. The van der Waals surface area contributed by atoms with Gasteiger partial charge in [-0.15, -0.1) is 0 Å². The summed E-state index contributed by atoms with van der Waals surface area (Å²) in [7, 11) is 0. The van der Waals surface area contributed by atoms with Crippen molar-refractivity contribution in [2.75, 3.05) is 0 Å². The first kappa shape index (κ1) is 20.4. The fourth-order valence-electron chi connectivity index (χ4n) is 0.205. The molecule has 0 fully saturated rings. The van der Waals surface area contributed by atoms with E-state index in [0.717, 1.165) is 11.8 Å². The predicted octanol–water partition coefficient (Wildman–Crippen LogP) is 4.22. The molecule has 0 unspecified atom stereocenters. The van der Waals surface area contributed by atoms with Crippen LogP contribution in [-0.2, 0) is 0 Å². The van der Waals surface area contributed by atoms with Crippen LogP contribution in [0.15, 0.2) is 19.0 Å². The maximum absolute atomic E-state index is 3.56. The predicted molar refractivity (Wildman–Crippen MR) is 72.2 cm³/mol. The highest BCUT2D eigenvalue weighted by atomic mass is 14.9. The van der Waals surface area contributed by atoms with Crippen molar-refractivity contribution in [1.82, 2.24) is 15.0 Å². The second-order valence-electron chi connectivity index (χ2n) is 4.26. The molecule has 0 spiro atoms. The summed E-state index contributed by atoms with van der Waals surface area (Å²) in [4.78, 5) is 10.7. The molecule has 0 radical (unpaired) electrons. The first-order chi connectivity index (χ1) is 7.46. The Morgan fingerprint density at radius 2 is 0.688 bits per heavy atom. The Labute approximate surface area is 102 Å². The van der Waals surface area contributed by atoms with Crippen LogP contribution < -0.4 is 0 Å². The summed E-state index contributed by atoms with van der Waals surface area (Å²) in [5, 5.41) is 0. The quantitative estimate of drug-likeness (QED) is 0.666. The van der Waals surface area contributed by atoms with Crippen molar-refractivity contribution in [1.29, 1.82) is 0 Å². The molecule has 16 heavy (non-hydrogen) atoms. The molecule has 1 heterocycles. The largest absolute Gasteiger partial charge is 0.225 e. The van der Waals surface area contributed by atoms with Crippen LogP contribution >= 0.6 is 0 Å². The van der Waals surface area contributed by atoms with Crippen molar-refractivity contribution in [3.05, 3.63) is 19.0 Å². The molecule has 3 nitrogen and oxygen atoms in total. The SMILES string of the molecule is CC.CC(C)C.CC(C)C.c1ncncn1. The second-order valence-corrected chi connectivity index (χ2v) is 4.26. The van der Waals surface area contributed by atoms with Crippen molar-refractivity contribution in [3.63, 3.8) is 0 Å². The van der Waals surface area contributed by atoms with Gasteiger partial charge in [0.25, 0.3) is 0 Å². The molecule has 0 bridgehead atoms. The molecule has 0 aromatic carbocycles. The topological polar surface area (TPSA) is 38.7 Å². The Morgan fingerprint density at radius 3 is 0.750 bits per heavy atom. The normalized spacial score (nSPS) is 7.88. The van der Waals surface area contributed by atoms with Crippen LogP contribution in [-0.4, -0.2) is 15.0 Å². The fraction of sp³-hybridized carbons (Fsp3) is 0.769.